The Labute approximate surface area is 114 Å². The maximum absolute atomic E-state index is 12.1. The first-order valence-corrected chi connectivity index (χ1v) is 6.81. The number of benzene rings is 1. The second-order valence-electron chi connectivity index (χ2n) is 5.28. The van der Waals surface area contributed by atoms with Gasteiger partial charge in [-0.3, -0.25) is 9.69 Å². The van der Waals surface area contributed by atoms with Gasteiger partial charge in [0.2, 0.25) is 0 Å². The topological polar surface area (TPSA) is 55.6 Å². The number of para-hydroxylation sites is 1. The maximum Gasteiger partial charge on any atom is 0.166 e. The second-order valence-corrected chi connectivity index (χ2v) is 5.28. The highest BCUT2D eigenvalue weighted by Crippen LogP contribution is 2.15. The van der Waals surface area contributed by atoms with E-state index < -0.39 is 0 Å². The number of nitrogen functional groups attached to an aromatic ring is 1. The highest BCUT2D eigenvalue weighted by molar-refractivity contribution is 6.00. The summed E-state index contributed by atoms with van der Waals surface area (Å²) >= 11 is 0. The van der Waals surface area contributed by atoms with Gasteiger partial charge in [-0.2, -0.15) is 0 Å². The predicted molar refractivity (Wildman–Crippen MR) is 76.3 cm³/mol. The molecule has 0 radical (unpaired) electrons. The standard InChI is InChI=1S/C15H22N2O2/c1-11-9-17(10-12(2)19-11)8-7-15(18)13-5-3-4-6-14(13)16/h3-6,11-12H,7-10,16H2,1-2H3. The Bertz CT molecular complexity index is 438. The molecule has 4 heteroatoms. The minimum absolute atomic E-state index is 0.116. The number of ketones is 1. The summed E-state index contributed by atoms with van der Waals surface area (Å²) in [5, 5.41) is 0. The number of carbonyl (C=O) groups excluding carboxylic acids is 1. The van der Waals surface area contributed by atoms with Crippen LogP contribution >= 0.6 is 0 Å². The first-order chi connectivity index (χ1) is 9.06. The molecule has 1 aromatic rings. The molecule has 1 aliphatic heterocycles. The van der Waals surface area contributed by atoms with Gasteiger partial charge in [0, 0.05) is 37.3 Å². The van der Waals surface area contributed by atoms with Crippen LogP contribution in [0.1, 0.15) is 30.6 Å². The number of morpholine rings is 1. The molecule has 0 amide bonds. The van der Waals surface area contributed by atoms with Crippen LogP contribution < -0.4 is 5.73 Å². The molecule has 2 unspecified atom stereocenters. The van der Waals surface area contributed by atoms with E-state index in [-0.39, 0.29) is 18.0 Å². The third-order valence-electron chi connectivity index (χ3n) is 3.41. The molecular formula is C15H22N2O2. The Morgan fingerprint density at radius 2 is 1.95 bits per heavy atom. The van der Waals surface area contributed by atoms with Gasteiger partial charge >= 0.3 is 0 Å². The molecule has 2 N–H and O–H groups in total. The molecule has 0 spiro atoms. The summed E-state index contributed by atoms with van der Waals surface area (Å²) in [6.45, 7) is 6.69. The summed E-state index contributed by atoms with van der Waals surface area (Å²) in [7, 11) is 0. The number of hydrogen-bond donors (Lipinski definition) is 1. The lowest BCUT2D eigenvalue weighted by Crippen LogP contribution is -2.46. The monoisotopic (exact) mass is 262 g/mol. The van der Waals surface area contributed by atoms with Crippen molar-refractivity contribution in [3.63, 3.8) is 0 Å². The first kappa shape index (κ1) is 14.0. The van der Waals surface area contributed by atoms with Gasteiger partial charge in [-0.05, 0) is 26.0 Å². The zero-order valence-corrected chi connectivity index (χ0v) is 11.6. The van der Waals surface area contributed by atoms with E-state index >= 15 is 0 Å². The van der Waals surface area contributed by atoms with Crippen molar-refractivity contribution in [1.29, 1.82) is 0 Å². The third kappa shape index (κ3) is 3.78. The van der Waals surface area contributed by atoms with E-state index in [1.54, 1.807) is 12.1 Å². The van der Waals surface area contributed by atoms with Crippen LogP contribution in [0.3, 0.4) is 0 Å². The summed E-state index contributed by atoms with van der Waals surface area (Å²) in [4.78, 5) is 14.4. The van der Waals surface area contributed by atoms with E-state index in [1.807, 2.05) is 12.1 Å². The normalized spacial score (nSPS) is 24.3. The lowest BCUT2D eigenvalue weighted by Gasteiger charge is -2.35. The minimum atomic E-state index is 0.116. The van der Waals surface area contributed by atoms with Crippen molar-refractivity contribution in [3.8, 4) is 0 Å². The lowest BCUT2D eigenvalue weighted by atomic mass is 10.1. The van der Waals surface area contributed by atoms with Crippen molar-refractivity contribution >= 4 is 11.5 Å². The molecule has 1 heterocycles. The van der Waals surface area contributed by atoms with Gasteiger partial charge in [-0.25, -0.2) is 0 Å². The van der Waals surface area contributed by atoms with E-state index in [0.717, 1.165) is 19.6 Å². The van der Waals surface area contributed by atoms with Crippen molar-refractivity contribution in [2.75, 3.05) is 25.4 Å². The van der Waals surface area contributed by atoms with Crippen LogP contribution in [0.4, 0.5) is 5.69 Å². The van der Waals surface area contributed by atoms with Gasteiger partial charge in [-0.1, -0.05) is 12.1 Å². The van der Waals surface area contributed by atoms with Gasteiger partial charge in [-0.15, -0.1) is 0 Å². The molecule has 1 aromatic carbocycles. The largest absolute Gasteiger partial charge is 0.398 e. The summed E-state index contributed by atoms with van der Waals surface area (Å²) in [6, 6.07) is 7.26. The van der Waals surface area contributed by atoms with Crippen LogP contribution in [-0.4, -0.2) is 42.5 Å². The average molecular weight is 262 g/mol. The highest BCUT2D eigenvalue weighted by Gasteiger charge is 2.22. The molecule has 0 saturated carbocycles. The number of nitrogens with two attached hydrogens (primary N) is 1. The van der Waals surface area contributed by atoms with E-state index in [9.17, 15) is 4.79 Å². The Balaban J connectivity index is 1.89. The Kier molecular flexibility index (Phi) is 4.56. The fourth-order valence-electron chi connectivity index (χ4n) is 2.61. The minimum Gasteiger partial charge on any atom is -0.398 e. The number of rotatable bonds is 4. The van der Waals surface area contributed by atoms with E-state index in [0.29, 0.717) is 17.7 Å². The Morgan fingerprint density at radius 1 is 1.32 bits per heavy atom. The van der Waals surface area contributed by atoms with Crippen LogP contribution in [0.2, 0.25) is 0 Å². The fraction of sp³-hybridized carbons (Fsp3) is 0.533. The molecule has 4 nitrogen and oxygen atoms in total. The molecule has 2 atom stereocenters. The van der Waals surface area contributed by atoms with Crippen molar-refractivity contribution in [2.24, 2.45) is 0 Å². The maximum atomic E-state index is 12.1. The molecule has 0 bridgehead atoms. The van der Waals surface area contributed by atoms with Crippen LogP contribution in [0.25, 0.3) is 0 Å². The molecule has 1 saturated heterocycles. The van der Waals surface area contributed by atoms with Crippen molar-refractivity contribution in [3.05, 3.63) is 29.8 Å². The molecule has 104 valence electrons. The van der Waals surface area contributed by atoms with E-state index in [1.165, 1.54) is 0 Å². The summed E-state index contributed by atoms with van der Waals surface area (Å²) in [6.07, 6.45) is 0.981. The van der Waals surface area contributed by atoms with Gasteiger partial charge in [0.15, 0.2) is 5.78 Å². The van der Waals surface area contributed by atoms with Crippen molar-refractivity contribution in [1.82, 2.24) is 4.90 Å². The summed E-state index contributed by atoms with van der Waals surface area (Å²) in [5.41, 5.74) is 7.02. The van der Waals surface area contributed by atoms with Gasteiger partial charge in [0.05, 0.1) is 12.2 Å². The summed E-state index contributed by atoms with van der Waals surface area (Å²) in [5.74, 6) is 0.116. The van der Waals surface area contributed by atoms with Crippen LogP contribution in [-0.2, 0) is 4.74 Å². The number of anilines is 1. The molecule has 1 aliphatic rings. The Morgan fingerprint density at radius 3 is 2.58 bits per heavy atom. The Hall–Kier alpha value is -1.39. The zero-order valence-electron chi connectivity index (χ0n) is 11.6. The molecule has 1 fully saturated rings. The second kappa shape index (κ2) is 6.17. The lowest BCUT2D eigenvalue weighted by molar-refractivity contribution is -0.0675. The first-order valence-electron chi connectivity index (χ1n) is 6.81. The fourth-order valence-corrected chi connectivity index (χ4v) is 2.61. The quantitative estimate of drug-likeness (QED) is 0.665. The van der Waals surface area contributed by atoms with Gasteiger partial charge in [0.1, 0.15) is 0 Å². The van der Waals surface area contributed by atoms with Crippen molar-refractivity contribution < 1.29 is 9.53 Å². The molecular weight excluding hydrogens is 240 g/mol. The molecule has 0 aromatic heterocycles. The number of carbonyl (C=O) groups is 1. The number of nitrogens with zero attached hydrogens (tertiary/aromatic N) is 1. The third-order valence-corrected chi connectivity index (χ3v) is 3.41. The predicted octanol–water partition coefficient (Wildman–Crippen LogP) is 1.95. The van der Waals surface area contributed by atoms with Gasteiger partial charge < -0.3 is 10.5 Å². The number of Topliss-reactive ketones (excluding diaryl/α,β-unsaturated/α-hetero) is 1. The number of hydrogen-bond acceptors (Lipinski definition) is 4. The highest BCUT2D eigenvalue weighted by atomic mass is 16.5. The van der Waals surface area contributed by atoms with Crippen LogP contribution in [0.15, 0.2) is 24.3 Å². The SMILES string of the molecule is CC1CN(CCC(=O)c2ccccc2N)CC(C)O1. The molecule has 19 heavy (non-hydrogen) atoms. The van der Waals surface area contributed by atoms with E-state index in [4.69, 9.17) is 10.5 Å². The van der Waals surface area contributed by atoms with Crippen LogP contribution in [0.5, 0.6) is 0 Å². The molecule has 2 rings (SSSR count). The smallest absolute Gasteiger partial charge is 0.166 e. The number of ether oxygens (including phenoxy) is 1. The zero-order chi connectivity index (χ0) is 13.8. The van der Waals surface area contributed by atoms with Crippen LogP contribution in [0, 0.1) is 0 Å². The van der Waals surface area contributed by atoms with E-state index in [2.05, 4.69) is 18.7 Å². The van der Waals surface area contributed by atoms with Crippen molar-refractivity contribution in [2.45, 2.75) is 32.5 Å². The average Bonchev–Trinajstić information content (AvgIpc) is 2.35. The molecule has 0 aliphatic carbocycles. The summed E-state index contributed by atoms with van der Waals surface area (Å²) < 4.78 is 5.68. The van der Waals surface area contributed by atoms with Gasteiger partial charge in [0.25, 0.3) is 0 Å².